The molecule has 0 aliphatic rings. The first-order valence-electron chi connectivity index (χ1n) is 4.12. The Balaban J connectivity index is 2.30. The number of aromatic nitrogens is 1. The number of carboxylic acid groups (broad SMARTS) is 1. The largest absolute Gasteiger partial charge is 0.481 e. The quantitative estimate of drug-likeness (QED) is 0.769. The van der Waals surface area contributed by atoms with Crippen molar-refractivity contribution in [3.63, 3.8) is 0 Å². The van der Waals surface area contributed by atoms with E-state index in [4.69, 9.17) is 9.52 Å². The van der Waals surface area contributed by atoms with E-state index in [-0.39, 0.29) is 5.75 Å². The van der Waals surface area contributed by atoms with E-state index in [1.807, 2.05) is 0 Å². The molecule has 0 bridgehead atoms. The van der Waals surface area contributed by atoms with Crippen LogP contribution in [0.25, 0.3) is 11.1 Å². The lowest BCUT2D eigenvalue weighted by Gasteiger charge is -1.96. The number of aromatic amines is 1. The number of fused-ring (bicyclic) bond motifs is 1. The van der Waals surface area contributed by atoms with Crippen molar-refractivity contribution in [3.05, 3.63) is 28.7 Å². The maximum atomic E-state index is 10.8. The van der Waals surface area contributed by atoms with Gasteiger partial charge in [-0.3, -0.25) is 9.78 Å². The average molecular weight is 225 g/mol. The number of carbonyl (C=O) groups is 1. The molecule has 2 aromatic rings. The zero-order chi connectivity index (χ0) is 10.8. The van der Waals surface area contributed by atoms with E-state index in [0.717, 1.165) is 4.90 Å². The number of hydrogen-bond acceptors (Lipinski definition) is 4. The molecule has 6 heteroatoms. The first-order chi connectivity index (χ1) is 7.15. The summed E-state index contributed by atoms with van der Waals surface area (Å²) in [7, 11) is 0. The normalized spacial score (nSPS) is 10.7. The lowest BCUT2D eigenvalue weighted by Crippen LogP contribution is -1.97. The van der Waals surface area contributed by atoms with Crippen molar-refractivity contribution in [1.29, 1.82) is 0 Å². The molecule has 0 atom stereocenters. The van der Waals surface area contributed by atoms with Crippen molar-refractivity contribution in [2.75, 3.05) is 5.75 Å². The van der Waals surface area contributed by atoms with Crippen molar-refractivity contribution >= 4 is 28.8 Å². The minimum Gasteiger partial charge on any atom is -0.481 e. The van der Waals surface area contributed by atoms with E-state index in [0.29, 0.717) is 11.1 Å². The second-order valence-corrected chi connectivity index (χ2v) is 3.90. The summed E-state index contributed by atoms with van der Waals surface area (Å²) in [6, 6.07) is 5.04. The van der Waals surface area contributed by atoms with Gasteiger partial charge in [0.05, 0.1) is 11.3 Å². The van der Waals surface area contributed by atoms with Gasteiger partial charge in [-0.2, -0.15) is 0 Å². The van der Waals surface area contributed by atoms with Crippen LogP contribution in [0.5, 0.6) is 0 Å². The second kappa shape index (κ2) is 3.82. The smallest absolute Gasteiger partial charge is 0.417 e. The fourth-order valence-corrected chi connectivity index (χ4v) is 1.82. The summed E-state index contributed by atoms with van der Waals surface area (Å²) < 4.78 is 4.81. The van der Waals surface area contributed by atoms with Gasteiger partial charge >= 0.3 is 11.7 Å². The minimum atomic E-state index is -0.874. The van der Waals surface area contributed by atoms with Gasteiger partial charge in [-0.15, -0.1) is 11.8 Å². The summed E-state index contributed by atoms with van der Waals surface area (Å²) in [6.07, 6.45) is 0. The van der Waals surface area contributed by atoms with Gasteiger partial charge in [0.2, 0.25) is 0 Å². The highest BCUT2D eigenvalue weighted by Gasteiger charge is 2.04. The first kappa shape index (κ1) is 9.85. The van der Waals surface area contributed by atoms with Crippen LogP contribution in [-0.4, -0.2) is 21.8 Å². The topological polar surface area (TPSA) is 83.3 Å². The molecule has 0 amide bonds. The standard InChI is InChI=1S/C9H7NO4S/c11-8(12)4-15-5-1-2-7-6(3-5)10-9(13)14-7/h1-3H,4H2,(H,10,13)(H,11,12). The molecule has 1 aromatic carbocycles. The molecule has 78 valence electrons. The van der Waals surface area contributed by atoms with Gasteiger partial charge in [0.25, 0.3) is 0 Å². The Hall–Kier alpha value is -1.69. The molecule has 0 saturated carbocycles. The van der Waals surface area contributed by atoms with E-state index in [9.17, 15) is 9.59 Å². The molecule has 0 radical (unpaired) electrons. The van der Waals surface area contributed by atoms with Gasteiger partial charge in [-0.25, -0.2) is 4.79 Å². The summed E-state index contributed by atoms with van der Waals surface area (Å²) in [6.45, 7) is 0. The van der Waals surface area contributed by atoms with Crippen LogP contribution in [0.3, 0.4) is 0 Å². The Morgan fingerprint density at radius 1 is 1.53 bits per heavy atom. The molecule has 2 rings (SSSR count). The number of nitrogens with one attached hydrogen (secondary N) is 1. The van der Waals surface area contributed by atoms with E-state index in [2.05, 4.69) is 4.98 Å². The highest BCUT2D eigenvalue weighted by atomic mass is 32.2. The fraction of sp³-hybridized carbons (Fsp3) is 0.111. The van der Waals surface area contributed by atoms with Crippen LogP contribution < -0.4 is 5.76 Å². The van der Waals surface area contributed by atoms with Crippen molar-refractivity contribution in [3.8, 4) is 0 Å². The Bertz CT molecular complexity index is 556. The number of thioether (sulfide) groups is 1. The molecule has 1 heterocycles. The van der Waals surface area contributed by atoms with Crippen molar-refractivity contribution in [1.82, 2.24) is 4.98 Å². The van der Waals surface area contributed by atoms with Gasteiger partial charge in [0.1, 0.15) is 0 Å². The molecule has 0 aliphatic heterocycles. The molecule has 0 unspecified atom stereocenters. The van der Waals surface area contributed by atoms with Crippen LogP contribution in [0, 0.1) is 0 Å². The van der Waals surface area contributed by atoms with Crippen LogP contribution in [0.4, 0.5) is 0 Å². The number of hydrogen-bond donors (Lipinski definition) is 2. The van der Waals surface area contributed by atoms with Gasteiger partial charge in [-0.05, 0) is 18.2 Å². The third-order valence-corrected chi connectivity index (χ3v) is 2.73. The summed E-state index contributed by atoms with van der Waals surface area (Å²) in [5, 5.41) is 8.50. The molecular formula is C9H7NO4S. The number of aliphatic carboxylic acids is 1. The van der Waals surface area contributed by atoms with Gasteiger partial charge in [0, 0.05) is 4.90 Å². The molecule has 0 spiro atoms. The van der Waals surface area contributed by atoms with E-state index < -0.39 is 11.7 Å². The SMILES string of the molecule is O=C(O)CSc1ccc2oc(=O)[nH]c2c1. The number of H-pyrrole nitrogens is 1. The molecule has 15 heavy (non-hydrogen) atoms. The van der Waals surface area contributed by atoms with E-state index in [1.54, 1.807) is 18.2 Å². The molecule has 5 nitrogen and oxygen atoms in total. The van der Waals surface area contributed by atoms with Crippen molar-refractivity contribution in [2.45, 2.75) is 4.90 Å². The van der Waals surface area contributed by atoms with Crippen LogP contribution in [0.15, 0.2) is 32.3 Å². The summed E-state index contributed by atoms with van der Waals surface area (Å²) in [5.74, 6) is -1.39. The summed E-state index contributed by atoms with van der Waals surface area (Å²) >= 11 is 1.19. The zero-order valence-corrected chi connectivity index (χ0v) is 8.34. The maximum absolute atomic E-state index is 10.8. The van der Waals surface area contributed by atoms with Gasteiger partial charge in [0.15, 0.2) is 5.58 Å². The predicted molar refractivity (Wildman–Crippen MR) is 55.2 cm³/mol. The molecular weight excluding hydrogens is 218 g/mol. The Kier molecular flexibility index (Phi) is 2.51. The Morgan fingerprint density at radius 2 is 2.33 bits per heavy atom. The van der Waals surface area contributed by atoms with Gasteiger partial charge < -0.3 is 9.52 Å². The highest BCUT2D eigenvalue weighted by molar-refractivity contribution is 8.00. The van der Waals surface area contributed by atoms with Crippen LogP contribution in [0.1, 0.15) is 0 Å². The highest BCUT2D eigenvalue weighted by Crippen LogP contribution is 2.21. The lowest BCUT2D eigenvalue weighted by atomic mass is 10.3. The molecule has 2 N–H and O–H groups in total. The Morgan fingerprint density at radius 3 is 3.07 bits per heavy atom. The molecule has 0 aliphatic carbocycles. The number of carboxylic acids is 1. The molecule has 0 saturated heterocycles. The third kappa shape index (κ3) is 2.21. The Labute approximate surface area is 88.1 Å². The van der Waals surface area contributed by atoms with Crippen molar-refractivity contribution < 1.29 is 14.3 Å². The molecule has 1 aromatic heterocycles. The predicted octanol–water partition coefficient (Wildman–Crippen LogP) is 1.30. The minimum absolute atomic E-state index is 0.00636. The lowest BCUT2D eigenvalue weighted by molar-refractivity contribution is -0.133. The fourth-order valence-electron chi connectivity index (χ4n) is 1.17. The van der Waals surface area contributed by atoms with Crippen LogP contribution in [-0.2, 0) is 4.79 Å². The van der Waals surface area contributed by atoms with Crippen LogP contribution in [0.2, 0.25) is 0 Å². The average Bonchev–Trinajstić information content (AvgIpc) is 2.53. The summed E-state index contributed by atoms with van der Waals surface area (Å²) in [4.78, 5) is 24.5. The third-order valence-electron chi connectivity index (χ3n) is 1.75. The second-order valence-electron chi connectivity index (χ2n) is 2.85. The molecule has 0 fully saturated rings. The van der Waals surface area contributed by atoms with E-state index in [1.165, 1.54) is 11.8 Å². The van der Waals surface area contributed by atoms with Crippen LogP contribution >= 0.6 is 11.8 Å². The summed E-state index contributed by atoms with van der Waals surface area (Å²) in [5.41, 5.74) is 1.05. The number of oxazole rings is 1. The maximum Gasteiger partial charge on any atom is 0.417 e. The van der Waals surface area contributed by atoms with E-state index >= 15 is 0 Å². The number of benzene rings is 1. The monoisotopic (exact) mass is 225 g/mol. The zero-order valence-electron chi connectivity index (χ0n) is 7.52. The van der Waals surface area contributed by atoms with Crippen molar-refractivity contribution in [2.24, 2.45) is 0 Å². The number of rotatable bonds is 3. The first-order valence-corrected chi connectivity index (χ1v) is 5.11. The van der Waals surface area contributed by atoms with Gasteiger partial charge in [-0.1, -0.05) is 0 Å².